The molecule has 0 bridgehead atoms. The smallest absolute Gasteiger partial charge is 0.145 e. The van der Waals surface area contributed by atoms with Crippen LogP contribution in [-0.2, 0) is 0 Å². The molecule has 0 spiro atoms. The summed E-state index contributed by atoms with van der Waals surface area (Å²) >= 11 is 0. The van der Waals surface area contributed by atoms with E-state index < -0.39 is 0 Å². The summed E-state index contributed by atoms with van der Waals surface area (Å²) in [5, 5.41) is 3.19. The Morgan fingerprint density at radius 1 is 1.21 bits per heavy atom. The van der Waals surface area contributed by atoms with Crippen molar-refractivity contribution in [3.8, 4) is 5.75 Å². The molecule has 4 N–H and O–H groups in total. The van der Waals surface area contributed by atoms with Gasteiger partial charge in [0.25, 0.3) is 0 Å². The maximum atomic E-state index is 5.45. The number of benzene rings is 1. The van der Waals surface area contributed by atoms with E-state index in [1.807, 2.05) is 38.1 Å². The van der Waals surface area contributed by atoms with E-state index in [2.05, 4.69) is 20.7 Å². The first-order valence-electron chi connectivity index (χ1n) is 6.03. The third-order valence-corrected chi connectivity index (χ3v) is 2.40. The van der Waals surface area contributed by atoms with Gasteiger partial charge in [-0.3, -0.25) is 0 Å². The van der Waals surface area contributed by atoms with Crippen molar-refractivity contribution in [2.45, 2.75) is 13.8 Å². The average Bonchev–Trinajstić information content (AvgIpc) is 2.39. The Morgan fingerprint density at radius 2 is 2.00 bits per heavy atom. The molecule has 19 heavy (non-hydrogen) atoms. The Labute approximate surface area is 112 Å². The molecule has 0 amide bonds. The molecule has 1 aromatic heterocycles. The third-order valence-electron chi connectivity index (χ3n) is 2.40. The molecule has 2 rings (SSSR count). The molecule has 0 unspecified atom stereocenters. The second-order valence-corrected chi connectivity index (χ2v) is 3.92. The zero-order chi connectivity index (χ0) is 13.7. The normalized spacial score (nSPS) is 10.1. The lowest BCUT2D eigenvalue weighted by atomic mass is 10.3. The Morgan fingerprint density at radius 3 is 2.74 bits per heavy atom. The average molecular weight is 259 g/mol. The van der Waals surface area contributed by atoms with E-state index in [0.717, 1.165) is 11.4 Å². The molecule has 0 saturated heterocycles. The molecule has 0 saturated carbocycles. The number of nitrogens with zero attached hydrogens (tertiary/aromatic N) is 2. The lowest BCUT2D eigenvalue weighted by Gasteiger charge is -2.09. The highest BCUT2D eigenvalue weighted by Gasteiger charge is 2.02. The molecule has 0 aliphatic rings. The van der Waals surface area contributed by atoms with Crippen molar-refractivity contribution in [2.75, 3.05) is 17.3 Å². The van der Waals surface area contributed by atoms with E-state index in [4.69, 9.17) is 10.6 Å². The minimum Gasteiger partial charge on any atom is -0.494 e. The maximum absolute atomic E-state index is 5.45. The number of nitrogens with one attached hydrogen (secondary N) is 2. The molecular formula is C13H17N5O. The molecule has 2 aromatic rings. The van der Waals surface area contributed by atoms with Crippen LogP contribution in [0.5, 0.6) is 5.75 Å². The highest BCUT2D eigenvalue weighted by Crippen LogP contribution is 2.21. The van der Waals surface area contributed by atoms with Crippen molar-refractivity contribution in [3.05, 3.63) is 36.2 Å². The molecule has 100 valence electrons. The van der Waals surface area contributed by atoms with Crippen molar-refractivity contribution in [2.24, 2.45) is 5.84 Å². The molecule has 0 atom stereocenters. The van der Waals surface area contributed by atoms with E-state index in [1.165, 1.54) is 0 Å². The fourth-order valence-corrected chi connectivity index (χ4v) is 1.68. The second-order valence-electron chi connectivity index (χ2n) is 3.92. The van der Waals surface area contributed by atoms with Gasteiger partial charge in [0.1, 0.15) is 23.2 Å². The molecule has 1 heterocycles. The predicted molar refractivity (Wildman–Crippen MR) is 75.5 cm³/mol. The molecular weight excluding hydrogens is 242 g/mol. The molecule has 0 radical (unpaired) electrons. The number of rotatable bonds is 5. The van der Waals surface area contributed by atoms with Crippen LogP contribution < -0.4 is 21.3 Å². The van der Waals surface area contributed by atoms with Gasteiger partial charge in [-0.2, -0.15) is 0 Å². The van der Waals surface area contributed by atoms with Crippen molar-refractivity contribution >= 4 is 17.3 Å². The van der Waals surface area contributed by atoms with Crippen LogP contribution in [0.2, 0.25) is 0 Å². The summed E-state index contributed by atoms with van der Waals surface area (Å²) < 4.78 is 5.45. The number of anilines is 3. The number of nitrogens with two attached hydrogens (primary N) is 1. The summed E-state index contributed by atoms with van der Waals surface area (Å²) in [5.74, 6) is 8.05. The van der Waals surface area contributed by atoms with E-state index in [-0.39, 0.29) is 0 Å². The van der Waals surface area contributed by atoms with E-state index in [0.29, 0.717) is 24.1 Å². The topological polar surface area (TPSA) is 85.1 Å². The van der Waals surface area contributed by atoms with Crippen LogP contribution in [0.25, 0.3) is 0 Å². The van der Waals surface area contributed by atoms with Crippen LogP contribution in [0.1, 0.15) is 12.7 Å². The molecule has 6 nitrogen and oxygen atoms in total. The van der Waals surface area contributed by atoms with Crippen LogP contribution in [-0.4, -0.2) is 16.6 Å². The van der Waals surface area contributed by atoms with Crippen LogP contribution in [0.4, 0.5) is 17.3 Å². The summed E-state index contributed by atoms with van der Waals surface area (Å²) in [6.45, 7) is 4.40. The lowest BCUT2D eigenvalue weighted by molar-refractivity contribution is 0.340. The SMILES string of the molecule is CCOc1cccc(Nc2cc(NN)nc(C)n2)c1. The van der Waals surface area contributed by atoms with Crippen molar-refractivity contribution in [1.29, 1.82) is 0 Å². The number of hydrazine groups is 1. The second kappa shape index (κ2) is 6.01. The van der Waals surface area contributed by atoms with E-state index in [9.17, 15) is 0 Å². The summed E-state index contributed by atoms with van der Waals surface area (Å²) in [6, 6.07) is 9.42. The molecule has 6 heteroatoms. The first-order valence-corrected chi connectivity index (χ1v) is 6.03. The van der Waals surface area contributed by atoms with Gasteiger partial charge in [0.15, 0.2) is 0 Å². The zero-order valence-electron chi connectivity index (χ0n) is 11.0. The van der Waals surface area contributed by atoms with Gasteiger partial charge in [0.2, 0.25) is 0 Å². The quantitative estimate of drug-likeness (QED) is 0.564. The molecule has 0 fully saturated rings. The first-order chi connectivity index (χ1) is 9.21. The van der Waals surface area contributed by atoms with Crippen LogP contribution in [0.3, 0.4) is 0 Å². The first kappa shape index (κ1) is 13.1. The van der Waals surface area contributed by atoms with Crippen molar-refractivity contribution in [3.63, 3.8) is 0 Å². The zero-order valence-corrected chi connectivity index (χ0v) is 11.0. The Hall–Kier alpha value is -2.34. The lowest BCUT2D eigenvalue weighted by Crippen LogP contribution is -2.10. The Kier molecular flexibility index (Phi) is 4.15. The van der Waals surface area contributed by atoms with Gasteiger partial charge < -0.3 is 15.5 Å². The molecule has 0 aliphatic carbocycles. The van der Waals surface area contributed by atoms with Gasteiger partial charge in [-0.25, -0.2) is 15.8 Å². The number of ether oxygens (including phenoxy) is 1. The standard InChI is InChI=1S/C13H17N5O/c1-3-19-11-6-4-5-10(7-11)17-12-8-13(18-14)16-9(2)15-12/h4-8H,3,14H2,1-2H3,(H2,15,16,17,18). The largest absolute Gasteiger partial charge is 0.494 e. The Balaban J connectivity index is 2.20. The predicted octanol–water partition coefficient (Wildman–Crippen LogP) is 2.21. The Bertz CT molecular complexity index is 558. The third kappa shape index (κ3) is 3.56. The van der Waals surface area contributed by atoms with Crippen LogP contribution >= 0.6 is 0 Å². The maximum Gasteiger partial charge on any atom is 0.145 e. The minimum atomic E-state index is 0.566. The summed E-state index contributed by atoms with van der Waals surface area (Å²) in [6.07, 6.45) is 0. The number of aryl methyl sites for hydroxylation is 1. The summed E-state index contributed by atoms with van der Waals surface area (Å²) in [5.41, 5.74) is 3.41. The fourth-order valence-electron chi connectivity index (χ4n) is 1.68. The highest BCUT2D eigenvalue weighted by atomic mass is 16.5. The highest BCUT2D eigenvalue weighted by molar-refractivity contribution is 5.60. The van der Waals surface area contributed by atoms with Gasteiger partial charge in [-0.1, -0.05) is 6.07 Å². The van der Waals surface area contributed by atoms with Crippen molar-refractivity contribution in [1.82, 2.24) is 9.97 Å². The number of hydrogen-bond acceptors (Lipinski definition) is 6. The van der Waals surface area contributed by atoms with Gasteiger partial charge >= 0.3 is 0 Å². The summed E-state index contributed by atoms with van der Waals surface area (Å²) in [7, 11) is 0. The van der Waals surface area contributed by atoms with Crippen LogP contribution in [0, 0.1) is 6.92 Å². The van der Waals surface area contributed by atoms with Crippen LogP contribution in [0.15, 0.2) is 30.3 Å². The monoisotopic (exact) mass is 259 g/mol. The van der Waals surface area contributed by atoms with Gasteiger partial charge in [0.05, 0.1) is 6.61 Å². The van der Waals surface area contributed by atoms with Gasteiger partial charge in [0, 0.05) is 17.8 Å². The van der Waals surface area contributed by atoms with Gasteiger partial charge in [-0.15, -0.1) is 0 Å². The fraction of sp³-hybridized carbons (Fsp3) is 0.231. The van der Waals surface area contributed by atoms with E-state index in [1.54, 1.807) is 6.07 Å². The molecule has 1 aromatic carbocycles. The summed E-state index contributed by atoms with van der Waals surface area (Å²) in [4.78, 5) is 8.42. The number of aromatic nitrogens is 2. The molecule has 0 aliphatic heterocycles. The van der Waals surface area contributed by atoms with Crippen molar-refractivity contribution < 1.29 is 4.74 Å². The number of nitrogen functional groups attached to an aromatic ring is 1. The van der Waals surface area contributed by atoms with E-state index >= 15 is 0 Å². The van der Waals surface area contributed by atoms with Gasteiger partial charge in [-0.05, 0) is 26.0 Å². The minimum absolute atomic E-state index is 0.566. The number of hydrogen-bond donors (Lipinski definition) is 3.